The lowest BCUT2D eigenvalue weighted by molar-refractivity contribution is -0.116. The van der Waals surface area contributed by atoms with Gasteiger partial charge >= 0.3 is 0 Å². The van der Waals surface area contributed by atoms with E-state index in [1.807, 2.05) is 30.3 Å². The molecule has 0 saturated heterocycles. The van der Waals surface area contributed by atoms with Crippen LogP contribution in [0.3, 0.4) is 0 Å². The average molecular weight is 292 g/mol. The van der Waals surface area contributed by atoms with E-state index in [0.717, 1.165) is 17.2 Å². The number of alkyl halides is 2. The minimum absolute atomic E-state index is 0.0531. The first-order valence-corrected chi connectivity index (χ1v) is 7.47. The van der Waals surface area contributed by atoms with E-state index in [1.165, 1.54) is 0 Å². The van der Waals surface area contributed by atoms with E-state index in [4.69, 9.17) is 23.2 Å². The zero-order valence-corrected chi connectivity index (χ0v) is 11.7. The quantitative estimate of drug-likeness (QED) is 0.614. The number of hydrogen-bond donors (Lipinski definition) is 1. The first-order chi connectivity index (χ1) is 8.22. The molecule has 1 aromatic carbocycles. The standard InChI is InChI=1S/C12H15Cl2NOS/c13-6-7-17-9-10(14)8-12(16)15-11-4-2-1-3-5-11/h1-5,10H,6-9H2,(H,15,16). The van der Waals surface area contributed by atoms with Gasteiger partial charge in [-0.1, -0.05) is 18.2 Å². The number of carbonyl (C=O) groups excluding carboxylic acids is 1. The van der Waals surface area contributed by atoms with Crippen LogP contribution in [0.1, 0.15) is 6.42 Å². The molecule has 17 heavy (non-hydrogen) atoms. The maximum Gasteiger partial charge on any atom is 0.225 e. The molecule has 0 saturated carbocycles. The van der Waals surface area contributed by atoms with Crippen molar-refractivity contribution >= 4 is 46.6 Å². The molecule has 1 rings (SSSR count). The predicted molar refractivity (Wildman–Crippen MR) is 77.4 cm³/mol. The molecular formula is C12H15Cl2NOS. The summed E-state index contributed by atoms with van der Waals surface area (Å²) in [6, 6.07) is 9.36. The summed E-state index contributed by atoms with van der Waals surface area (Å²) in [4.78, 5) is 11.6. The van der Waals surface area contributed by atoms with E-state index in [-0.39, 0.29) is 11.3 Å². The highest BCUT2D eigenvalue weighted by Gasteiger charge is 2.11. The fourth-order valence-electron chi connectivity index (χ4n) is 1.26. The van der Waals surface area contributed by atoms with Crippen molar-refractivity contribution < 1.29 is 4.79 Å². The van der Waals surface area contributed by atoms with Gasteiger partial charge in [-0.2, -0.15) is 11.8 Å². The van der Waals surface area contributed by atoms with E-state index in [2.05, 4.69) is 5.32 Å². The molecule has 0 heterocycles. The Balaban J connectivity index is 2.25. The smallest absolute Gasteiger partial charge is 0.225 e. The lowest BCUT2D eigenvalue weighted by Crippen LogP contribution is -2.18. The summed E-state index contributed by atoms with van der Waals surface area (Å²) in [5.41, 5.74) is 0.801. The largest absolute Gasteiger partial charge is 0.326 e. The molecule has 2 nitrogen and oxygen atoms in total. The Morgan fingerprint density at radius 1 is 1.35 bits per heavy atom. The van der Waals surface area contributed by atoms with Crippen molar-refractivity contribution in [1.82, 2.24) is 0 Å². The summed E-state index contributed by atoms with van der Waals surface area (Å²) in [7, 11) is 0. The van der Waals surface area contributed by atoms with Crippen molar-refractivity contribution in [3.8, 4) is 0 Å². The van der Waals surface area contributed by atoms with Crippen LogP contribution < -0.4 is 5.32 Å². The Labute approximate surface area is 116 Å². The third-order valence-corrected chi connectivity index (χ3v) is 4.02. The number of benzene rings is 1. The average Bonchev–Trinajstić information content (AvgIpc) is 2.30. The second kappa shape index (κ2) is 8.67. The summed E-state index contributed by atoms with van der Waals surface area (Å²) in [6.07, 6.45) is 0.325. The fraction of sp³-hybridized carbons (Fsp3) is 0.417. The summed E-state index contributed by atoms with van der Waals surface area (Å²) in [5.74, 6) is 2.18. The number of carbonyl (C=O) groups is 1. The van der Waals surface area contributed by atoms with Crippen molar-refractivity contribution in [2.75, 3.05) is 22.7 Å². The van der Waals surface area contributed by atoms with E-state index in [1.54, 1.807) is 11.8 Å². The molecule has 1 amide bonds. The molecule has 94 valence electrons. The van der Waals surface area contributed by atoms with Crippen molar-refractivity contribution in [3.63, 3.8) is 0 Å². The maximum atomic E-state index is 11.6. The number of anilines is 1. The second-order valence-corrected chi connectivity index (χ2v) is 5.62. The van der Waals surface area contributed by atoms with E-state index >= 15 is 0 Å². The minimum Gasteiger partial charge on any atom is -0.326 e. The summed E-state index contributed by atoms with van der Waals surface area (Å²) >= 11 is 13.3. The van der Waals surface area contributed by atoms with Gasteiger partial charge in [-0.3, -0.25) is 4.79 Å². The molecule has 0 fully saturated rings. The van der Waals surface area contributed by atoms with Gasteiger partial charge in [0.25, 0.3) is 0 Å². The Kier molecular flexibility index (Phi) is 7.49. The Bertz CT molecular complexity index is 335. The van der Waals surface area contributed by atoms with Gasteiger partial charge in [0.2, 0.25) is 5.91 Å². The summed E-state index contributed by atoms with van der Waals surface area (Å²) in [5, 5.41) is 2.66. The van der Waals surface area contributed by atoms with Crippen molar-refractivity contribution in [1.29, 1.82) is 0 Å². The van der Waals surface area contributed by atoms with Crippen LogP contribution in [0.5, 0.6) is 0 Å². The molecular weight excluding hydrogens is 277 g/mol. The molecule has 5 heteroatoms. The Morgan fingerprint density at radius 2 is 2.06 bits per heavy atom. The molecule has 0 aliphatic carbocycles. The maximum absolute atomic E-state index is 11.6. The summed E-state index contributed by atoms with van der Waals surface area (Å²) < 4.78 is 0. The predicted octanol–water partition coefficient (Wildman–Crippen LogP) is 3.59. The zero-order chi connectivity index (χ0) is 12.5. The minimum atomic E-state index is -0.146. The fourth-order valence-corrected chi connectivity index (χ4v) is 2.64. The van der Waals surface area contributed by atoms with Gasteiger partial charge in [-0.05, 0) is 12.1 Å². The normalized spacial score (nSPS) is 12.1. The van der Waals surface area contributed by atoms with Crippen LogP contribution in [0.15, 0.2) is 30.3 Å². The molecule has 0 aromatic heterocycles. The Morgan fingerprint density at radius 3 is 2.71 bits per heavy atom. The van der Waals surface area contributed by atoms with Crippen LogP contribution in [0.2, 0.25) is 0 Å². The van der Waals surface area contributed by atoms with Crippen LogP contribution >= 0.6 is 35.0 Å². The lowest BCUT2D eigenvalue weighted by Gasteiger charge is -2.09. The number of amides is 1. The number of nitrogens with one attached hydrogen (secondary N) is 1. The van der Waals surface area contributed by atoms with Crippen molar-refractivity contribution in [2.45, 2.75) is 11.8 Å². The molecule has 0 aliphatic rings. The third-order valence-electron chi connectivity index (χ3n) is 1.98. The van der Waals surface area contributed by atoms with Crippen molar-refractivity contribution in [2.24, 2.45) is 0 Å². The summed E-state index contributed by atoms with van der Waals surface area (Å²) in [6.45, 7) is 0. The van der Waals surface area contributed by atoms with Gasteiger partial charge in [-0.25, -0.2) is 0 Å². The third kappa shape index (κ3) is 6.81. The molecule has 0 bridgehead atoms. The highest BCUT2D eigenvalue weighted by atomic mass is 35.5. The molecule has 1 unspecified atom stereocenters. The monoisotopic (exact) mass is 291 g/mol. The molecule has 0 radical (unpaired) electrons. The van der Waals surface area contributed by atoms with Crippen molar-refractivity contribution in [3.05, 3.63) is 30.3 Å². The highest BCUT2D eigenvalue weighted by Crippen LogP contribution is 2.13. The van der Waals surface area contributed by atoms with Crippen LogP contribution in [0.25, 0.3) is 0 Å². The van der Waals surface area contributed by atoms with Gasteiger partial charge in [0.05, 0.1) is 5.38 Å². The number of halogens is 2. The van der Waals surface area contributed by atoms with E-state index in [0.29, 0.717) is 12.3 Å². The molecule has 0 spiro atoms. The first-order valence-electron chi connectivity index (χ1n) is 5.35. The highest BCUT2D eigenvalue weighted by molar-refractivity contribution is 7.99. The second-order valence-electron chi connectivity index (χ2n) is 3.48. The molecule has 1 atom stereocenters. The lowest BCUT2D eigenvalue weighted by atomic mass is 10.3. The van der Waals surface area contributed by atoms with E-state index in [9.17, 15) is 4.79 Å². The van der Waals surface area contributed by atoms with Gasteiger partial charge in [-0.15, -0.1) is 23.2 Å². The first kappa shape index (κ1) is 14.7. The topological polar surface area (TPSA) is 29.1 Å². The van der Waals surface area contributed by atoms with Gasteiger partial charge in [0.15, 0.2) is 0 Å². The SMILES string of the molecule is O=C(CC(Cl)CSCCCl)Nc1ccccc1. The number of hydrogen-bond acceptors (Lipinski definition) is 2. The number of para-hydroxylation sites is 1. The molecule has 1 N–H and O–H groups in total. The number of thioether (sulfide) groups is 1. The van der Waals surface area contributed by atoms with Crippen LogP contribution in [-0.2, 0) is 4.79 Å². The zero-order valence-electron chi connectivity index (χ0n) is 9.36. The van der Waals surface area contributed by atoms with E-state index < -0.39 is 0 Å². The molecule has 1 aromatic rings. The Hall–Kier alpha value is -0.380. The number of rotatable bonds is 7. The van der Waals surface area contributed by atoms with Gasteiger partial charge < -0.3 is 5.32 Å². The van der Waals surface area contributed by atoms with Crippen LogP contribution in [-0.4, -0.2) is 28.7 Å². The van der Waals surface area contributed by atoms with Crippen LogP contribution in [0.4, 0.5) is 5.69 Å². The molecule has 0 aliphatic heterocycles. The van der Waals surface area contributed by atoms with Gasteiger partial charge in [0, 0.05) is 29.5 Å². The van der Waals surface area contributed by atoms with Gasteiger partial charge in [0.1, 0.15) is 0 Å². The van der Waals surface area contributed by atoms with Crippen LogP contribution in [0, 0.1) is 0 Å².